The third kappa shape index (κ3) is 3.03. The first-order valence-electron chi connectivity index (χ1n) is 9.15. The summed E-state index contributed by atoms with van der Waals surface area (Å²) < 4.78 is 1.99. The third-order valence-corrected chi connectivity index (χ3v) is 4.85. The van der Waals surface area contributed by atoms with Crippen molar-refractivity contribution in [2.24, 2.45) is 0 Å². The van der Waals surface area contributed by atoms with Crippen LogP contribution in [-0.2, 0) is 11.2 Å². The highest BCUT2D eigenvalue weighted by atomic mass is 16.1. The lowest BCUT2D eigenvalue weighted by Crippen LogP contribution is -2.14. The summed E-state index contributed by atoms with van der Waals surface area (Å²) >= 11 is 0. The predicted octanol–water partition coefficient (Wildman–Crippen LogP) is 4.66. The number of aromatic amines is 1. The molecule has 0 fully saturated rings. The Balaban J connectivity index is 1.31. The second-order valence-electron chi connectivity index (χ2n) is 6.75. The van der Waals surface area contributed by atoms with Gasteiger partial charge in [0, 0.05) is 40.7 Å². The topological polar surface area (TPSA) is 62.2 Å². The van der Waals surface area contributed by atoms with Crippen LogP contribution in [-0.4, -0.2) is 20.3 Å². The highest BCUT2D eigenvalue weighted by Crippen LogP contribution is 2.22. The number of aromatic nitrogens is 3. The highest BCUT2D eigenvalue weighted by Gasteiger charge is 2.09. The van der Waals surface area contributed by atoms with Crippen LogP contribution in [0.3, 0.4) is 0 Å². The monoisotopic (exact) mass is 366 g/mol. The SMILES string of the molecule is O=C(Cc1c[nH]c2ccccc12)Nc1ccc(-c2cn3ccccc3n2)cc1. The normalized spacial score (nSPS) is 11.1. The summed E-state index contributed by atoms with van der Waals surface area (Å²) in [6.45, 7) is 0. The lowest BCUT2D eigenvalue weighted by atomic mass is 10.1. The van der Waals surface area contributed by atoms with Gasteiger partial charge in [-0.15, -0.1) is 0 Å². The zero-order valence-electron chi connectivity index (χ0n) is 15.1. The smallest absolute Gasteiger partial charge is 0.228 e. The number of pyridine rings is 1. The molecule has 0 aliphatic rings. The maximum absolute atomic E-state index is 12.5. The van der Waals surface area contributed by atoms with Gasteiger partial charge in [-0.3, -0.25) is 4.79 Å². The zero-order chi connectivity index (χ0) is 18.9. The Morgan fingerprint density at radius 1 is 1.00 bits per heavy atom. The minimum Gasteiger partial charge on any atom is -0.361 e. The number of H-pyrrole nitrogens is 1. The molecule has 0 radical (unpaired) electrons. The van der Waals surface area contributed by atoms with Gasteiger partial charge in [-0.1, -0.05) is 36.4 Å². The van der Waals surface area contributed by atoms with Gasteiger partial charge in [0.2, 0.25) is 5.91 Å². The van der Waals surface area contributed by atoms with E-state index in [1.807, 2.05) is 89.7 Å². The number of benzene rings is 2. The second kappa shape index (κ2) is 6.70. The van der Waals surface area contributed by atoms with E-state index in [4.69, 9.17) is 0 Å². The van der Waals surface area contributed by atoms with Gasteiger partial charge in [0.1, 0.15) is 5.65 Å². The number of nitrogens with one attached hydrogen (secondary N) is 2. The van der Waals surface area contributed by atoms with Crippen LogP contribution in [0.1, 0.15) is 5.56 Å². The fourth-order valence-corrected chi connectivity index (χ4v) is 3.45. The van der Waals surface area contributed by atoms with Crippen LogP contribution in [0, 0.1) is 0 Å². The first kappa shape index (κ1) is 16.3. The van der Waals surface area contributed by atoms with Crippen molar-refractivity contribution in [1.82, 2.24) is 14.4 Å². The predicted molar refractivity (Wildman–Crippen MR) is 111 cm³/mol. The van der Waals surface area contributed by atoms with Crippen molar-refractivity contribution in [1.29, 1.82) is 0 Å². The van der Waals surface area contributed by atoms with E-state index >= 15 is 0 Å². The van der Waals surface area contributed by atoms with E-state index in [-0.39, 0.29) is 5.91 Å². The Labute approximate surface area is 161 Å². The lowest BCUT2D eigenvalue weighted by Gasteiger charge is -2.06. The van der Waals surface area contributed by atoms with Crippen LogP contribution >= 0.6 is 0 Å². The Bertz CT molecular complexity index is 1250. The molecule has 2 N–H and O–H groups in total. The van der Waals surface area contributed by atoms with Crippen molar-refractivity contribution in [3.05, 3.63) is 90.9 Å². The van der Waals surface area contributed by atoms with E-state index in [9.17, 15) is 4.79 Å². The zero-order valence-corrected chi connectivity index (χ0v) is 15.1. The van der Waals surface area contributed by atoms with E-state index in [0.717, 1.165) is 39.1 Å². The van der Waals surface area contributed by atoms with E-state index in [2.05, 4.69) is 15.3 Å². The molecule has 5 aromatic rings. The number of para-hydroxylation sites is 1. The molecule has 0 bridgehead atoms. The molecule has 136 valence electrons. The molecule has 5 nitrogen and oxygen atoms in total. The molecule has 0 spiro atoms. The summed E-state index contributed by atoms with van der Waals surface area (Å²) in [5, 5.41) is 4.05. The molecule has 5 heteroatoms. The fourth-order valence-electron chi connectivity index (χ4n) is 3.45. The number of hydrogen-bond donors (Lipinski definition) is 2. The molecule has 0 saturated heterocycles. The summed E-state index contributed by atoms with van der Waals surface area (Å²) in [6, 6.07) is 21.7. The second-order valence-corrected chi connectivity index (χ2v) is 6.75. The van der Waals surface area contributed by atoms with Crippen molar-refractivity contribution in [2.45, 2.75) is 6.42 Å². The molecule has 3 heterocycles. The summed E-state index contributed by atoms with van der Waals surface area (Å²) in [6.07, 6.45) is 6.21. The molecule has 28 heavy (non-hydrogen) atoms. The first-order chi connectivity index (χ1) is 13.8. The van der Waals surface area contributed by atoms with Crippen LogP contribution in [0.25, 0.3) is 27.8 Å². The minimum atomic E-state index is -0.0368. The number of nitrogens with zero attached hydrogens (tertiary/aromatic N) is 2. The molecule has 3 aromatic heterocycles. The van der Waals surface area contributed by atoms with Crippen LogP contribution in [0.15, 0.2) is 85.3 Å². The molecular weight excluding hydrogens is 348 g/mol. The number of imidazole rings is 1. The number of hydrogen-bond acceptors (Lipinski definition) is 2. The van der Waals surface area contributed by atoms with Gasteiger partial charge in [-0.25, -0.2) is 4.98 Å². The van der Waals surface area contributed by atoms with Gasteiger partial charge >= 0.3 is 0 Å². The molecule has 0 saturated carbocycles. The number of carbonyl (C=O) groups is 1. The molecule has 0 unspecified atom stereocenters. The first-order valence-corrected chi connectivity index (χ1v) is 9.15. The molecule has 0 aliphatic carbocycles. The van der Waals surface area contributed by atoms with Gasteiger partial charge in [0.25, 0.3) is 0 Å². The van der Waals surface area contributed by atoms with Gasteiger partial charge < -0.3 is 14.7 Å². The van der Waals surface area contributed by atoms with Crippen molar-refractivity contribution in [3.63, 3.8) is 0 Å². The number of carbonyl (C=O) groups excluding carboxylic acids is 1. The minimum absolute atomic E-state index is 0.0368. The Hall–Kier alpha value is -3.86. The Kier molecular flexibility index (Phi) is 3.91. The number of anilines is 1. The molecule has 5 rings (SSSR count). The molecule has 0 aliphatic heterocycles. The van der Waals surface area contributed by atoms with Gasteiger partial charge in [0.05, 0.1) is 12.1 Å². The summed E-state index contributed by atoms with van der Waals surface area (Å²) in [4.78, 5) is 20.3. The average molecular weight is 366 g/mol. The van der Waals surface area contributed by atoms with Crippen LogP contribution in [0.4, 0.5) is 5.69 Å². The molecule has 0 atom stereocenters. The standard InChI is InChI=1S/C23H18N4O/c28-23(13-17-14-24-20-6-2-1-5-19(17)20)25-18-10-8-16(9-11-18)21-15-27-12-4-3-7-22(27)26-21/h1-12,14-15,24H,13H2,(H,25,28). The maximum Gasteiger partial charge on any atom is 0.228 e. The highest BCUT2D eigenvalue weighted by molar-refractivity contribution is 5.95. The Morgan fingerprint density at radius 3 is 2.68 bits per heavy atom. The van der Waals surface area contributed by atoms with E-state index in [1.165, 1.54) is 0 Å². The van der Waals surface area contributed by atoms with E-state index < -0.39 is 0 Å². The average Bonchev–Trinajstić information content (AvgIpc) is 3.33. The van der Waals surface area contributed by atoms with Gasteiger partial charge in [0.15, 0.2) is 0 Å². The fraction of sp³-hybridized carbons (Fsp3) is 0.0435. The molecule has 1 amide bonds. The number of amides is 1. The summed E-state index contributed by atoms with van der Waals surface area (Å²) in [5.41, 5.74) is 5.64. The van der Waals surface area contributed by atoms with Crippen LogP contribution < -0.4 is 5.32 Å². The van der Waals surface area contributed by atoms with Crippen molar-refractivity contribution < 1.29 is 4.79 Å². The molecule has 2 aromatic carbocycles. The number of rotatable bonds is 4. The lowest BCUT2D eigenvalue weighted by molar-refractivity contribution is -0.115. The maximum atomic E-state index is 12.5. The van der Waals surface area contributed by atoms with Crippen molar-refractivity contribution >= 4 is 28.1 Å². The third-order valence-electron chi connectivity index (χ3n) is 4.85. The van der Waals surface area contributed by atoms with Crippen LogP contribution in [0.2, 0.25) is 0 Å². The number of fused-ring (bicyclic) bond motifs is 2. The Morgan fingerprint density at radius 2 is 1.82 bits per heavy atom. The van der Waals surface area contributed by atoms with E-state index in [1.54, 1.807) is 0 Å². The van der Waals surface area contributed by atoms with Gasteiger partial charge in [-0.2, -0.15) is 0 Å². The largest absolute Gasteiger partial charge is 0.361 e. The van der Waals surface area contributed by atoms with Crippen molar-refractivity contribution in [3.8, 4) is 11.3 Å². The van der Waals surface area contributed by atoms with Crippen molar-refractivity contribution in [2.75, 3.05) is 5.32 Å². The molecular formula is C23H18N4O. The summed E-state index contributed by atoms with van der Waals surface area (Å²) in [7, 11) is 0. The van der Waals surface area contributed by atoms with Crippen LogP contribution in [0.5, 0.6) is 0 Å². The van der Waals surface area contributed by atoms with Gasteiger partial charge in [-0.05, 0) is 35.9 Å². The van der Waals surface area contributed by atoms with E-state index in [0.29, 0.717) is 6.42 Å². The summed E-state index contributed by atoms with van der Waals surface area (Å²) in [5.74, 6) is -0.0368. The quantitative estimate of drug-likeness (QED) is 0.486.